The lowest BCUT2D eigenvalue weighted by Crippen LogP contribution is -2.07. The van der Waals surface area contributed by atoms with Gasteiger partial charge in [0.1, 0.15) is 11.3 Å². The summed E-state index contributed by atoms with van der Waals surface area (Å²) in [5.74, 6) is 4.35. The summed E-state index contributed by atoms with van der Waals surface area (Å²) >= 11 is 6.07. The summed E-state index contributed by atoms with van der Waals surface area (Å²) < 4.78 is 16.2. The first-order valence-electron chi connectivity index (χ1n) is 7.51. The van der Waals surface area contributed by atoms with Gasteiger partial charge in [-0.1, -0.05) is 6.07 Å². The predicted molar refractivity (Wildman–Crippen MR) is 76.1 cm³/mol. The third-order valence-electron chi connectivity index (χ3n) is 5.86. The molecule has 1 heterocycles. The van der Waals surface area contributed by atoms with Crippen molar-refractivity contribution < 1.29 is 4.39 Å². The fraction of sp³-hybridized carbons (Fsp3) is 0.562. The van der Waals surface area contributed by atoms with Crippen molar-refractivity contribution >= 4 is 22.6 Å². The molecular weight excluding hydrogens is 275 g/mol. The molecule has 2 bridgehead atoms. The highest BCUT2D eigenvalue weighted by molar-refractivity contribution is 6.16. The molecule has 4 atom stereocenters. The number of hydrogen-bond donors (Lipinski definition) is 0. The molecule has 3 aliphatic rings. The Kier molecular flexibility index (Phi) is 2.17. The largest absolute Gasteiger partial charge is 0.323 e. The molecule has 4 unspecified atom stereocenters. The number of alkyl halides is 1. The van der Waals surface area contributed by atoms with E-state index < -0.39 is 0 Å². The minimum Gasteiger partial charge on any atom is -0.323 e. The zero-order valence-electron chi connectivity index (χ0n) is 11.1. The van der Waals surface area contributed by atoms with Gasteiger partial charge in [0.05, 0.1) is 11.4 Å². The summed E-state index contributed by atoms with van der Waals surface area (Å²) in [7, 11) is 0. The minimum atomic E-state index is -0.235. The average molecular weight is 291 g/mol. The third-order valence-corrected chi connectivity index (χ3v) is 6.10. The van der Waals surface area contributed by atoms with Crippen LogP contribution < -0.4 is 0 Å². The summed E-state index contributed by atoms with van der Waals surface area (Å²) in [6.45, 7) is 0. The molecule has 0 saturated heterocycles. The number of aromatic nitrogens is 2. The Bertz CT molecular complexity index is 694. The quantitative estimate of drug-likeness (QED) is 0.760. The molecule has 1 aromatic carbocycles. The van der Waals surface area contributed by atoms with E-state index in [2.05, 4.69) is 9.55 Å². The summed E-state index contributed by atoms with van der Waals surface area (Å²) in [4.78, 5) is 4.45. The molecule has 4 heteroatoms. The summed E-state index contributed by atoms with van der Waals surface area (Å²) in [5.41, 5.74) is 1.42. The van der Waals surface area contributed by atoms with Crippen molar-refractivity contribution in [1.29, 1.82) is 0 Å². The van der Waals surface area contributed by atoms with E-state index in [-0.39, 0.29) is 5.82 Å². The molecule has 2 aromatic rings. The van der Waals surface area contributed by atoms with Gasteiger partial charge in [0.2, 0.25) is 0 Å². The maximum absolute atomic E-state index is 13.9. The number of hydrogen-bond acceptors (Lipinski definition) is 1. The number of rotatable bonds is 2. The summed E-state index contributed by atoms with van der Waals surface area (Å²) in [5, 5.41) is 0. The Hall–Kier alpha value is -1.09. The van der Waals surface area contributed by atoms with Gasteiger partial charge in [-0.25, -0.2) is 9.37 Å². The van der Waals surface area contributed by atoms with Gasteiger partial charge >= 0.3 is 0 Å². The van der Waals surface area contributed by atoms with Crippen LogP contribution in [0.15, 0.2) is 18.2 Å². The van der Waals surface area contributed by atoms with Gasteiger partial charge in [0.15, 0.2) is 5.82 Å². The second-order valence-electron chi connectivity index (χ2n) is 6.62. The number of halogens is 2. The Balaban J connectivity index is 1.68. The molecule has 0 radical (unpaired) electrons. The second kappa shape index (κ2) is 3.76. The fourth-order valence-corrected chi connectivity index (χ4v) is 5.37. The van der Waals surface area contributed by atoms with Crippen LogP contribution in [0.25, 0.3) is 11.0 Å². The van der Waals surface area contributed by atoms with Crippen LogP contribution in [-0.4, -0.2) is 9.55 Å². The Labute approximate surface area is 121 Å². The molecule has 0 spiro atoms. The van der Waals surface area contributed by atoms with E-state index in [9.17, 15) is 4.39 Å². The van der Waals surface area contributed by atoms with Gasteiger partial charge in [-0.15, -0.1) is 11.6 Å². The monoisotopic (exact) mass is 290 g/mol. The van der Waals surface area contributed by atoms with Gasteiger partial charge in [-0.3, -0.25) is 0 Å². The Morgan fingerprint density at radius 3 is 2.70 bits per heavy atom. The van der Waals surface area contributed by atoms with E-state index in [4.69, 9.17) is 11.6 Å². The van der Waals surface area contributed by atoms with E-state index in [1.165, 1.54) is 25.3 Å². The Morgan fingerprint density at radius 2 is 2.00 bits per heavy atom. The van der Waals surface area contributed by atoms with E-state index in [0.29, 0.717) is 17.4 Å². The molecule has 1 aromatic heterocycles. The van der Waals surface area contributed by atoms with Crippen molar-refractivity contribution in [2.24, 2.45) is 23.7 Å². The van der Waals surface area contributed by atoms with E-state index in [0.717, 1.165) is 35.0 Å². The predicted octanol–water partition coefficient (Wildman–Crippen LogP) is 4.13. The highest BCUT2D eigenvalue weighted by Gasteiger charge is 2.66. The Morgan fingerprint density at radius 1 is 1.25 bits per heavy atom. The zero-order valence-corrected chi connectivity index (χ0v) is 11.9. The SMILES string of the molecule is Fc1cccc2c1nc(CCl)n2C1C2C3CCC(C3)C21. The topological polar surface area (TPSA) is 17.8 Å². The standard InChI is InChI=1S/C16H16ClFN2/c17-7-12-19-15-10(18)2-1-3-11(15)20(12)16-13-8-4-5-9(6-8)14(13)16/h1-3,8-9,13-14,16H,4-7H2. The molecule has 0 aliphatic heterocycles. The van der Waals surface area contributed by atoms with Crippen LogP contribution in [0.1, 0.15) is 31.1 Å². The number of nitrogens with zero attached hydrogens (tertiary/aromatic N) is 2. The van der Waals surface area contributed by atoms with Crippen molar-refractivity contribution in [3.63, 3.8) is 0 Å². The summed E-state index contributed by atoms with van der Waals surface area (Å²) in [6.07, 6.45) is 4.20. The molecule has 0 amide bonds. The fourth-order valence-electron chi connectivity index (χ4n) is 5.18. The molecule has 3 saturated carbocycles. The number of fused-ring (bicyclic) bond motifs is 6. The van der Waals surface area contributed by atoms with Crippen LogP contribution in [0.4, 0.5) is 4.39 Å². The molecule has 2 nitrogen and oxygen atoms in total. The normalized spacial score (nSPS) is 37.6. The van der Waals surface area contributed by atoms with Gasteiger partial charge in [0.25, 0.3) is 0 Å². The first-order valence-corrected chi connectivity index (χ1v) is 8.04. The van der Waals surface area contributed by atoms with Crippen molar-refractivity contribution in [3.05, 3.63) is 29.8 Å². The molecule has 5 rings (SSSR count). The van der Waals surface area contributed by atoms with Crippen LogP contribution in [0.3, 0.4) is 0 Å². The van der Waals surface area contributed by atoms with Crippen LogP contribution >= 0.6 is 11.6 Å². The third kappa shape index (κ3) is 1.28. The zero-order chi connectivity index (χ0) is 13.4. The molecular formula is C16H16ClFN2. The van der Waals surface area contributed by atoms with Gasteiger partial charge in [0, 0.05) is 6.04 Å². The van der Waals surface area contributed by atoms with E-state index in [1.54, 1.807) is 6.07 Å². The molecule has 3 fully saturated rings. The van der Waals surface area contributed by atoms with Crippen molar-refractivity contribution in [2.75, 3.05) is 0 Å². The van der Waals surface area contributed by atoms with E-state index in [1.807, 2.05) is 6.07 Å². The molecule has 20 heavy (non-hydrogen) atoms. The van der Waals surface area contributed by atoms with Gasteiger partial charge in [-0.2, -0.15) is 0 Å². The van der Waals surface area contributed by atoms with Crippen LogP contribution in [0.5, 0.6) is 0 Å². The smallest absolute Gasteiger partial charge is 0.151 e. The van der Waals surface area contributed by atoms with E-state index >= 15 is 0 Å². The number of imidazole rings is 1. The lowest BCUT2D eigenvalue weighted by Gasteiger charge is -2.13. The first kappa shape index (κ1) is 11.6. The summed E-state index contributed by atoms with van der Waals surface area (Å²) in [6, 6.07) is 5.77. The lowest BCUT2D eigenvalue weighted by molar-refractivity contribution is 0.454. The highest BCUT2D eigenvalue weighted by Crippen LogP contribution is 2.72. The van der Waals surface area contributed by atoms with Gasteiger partial charge in [-0.05, 0) is 55.1 Å². The first-order chi connectivity index (χ1) is 9.79. The minimum absolute atomic E-state index is 0.235. The van der Waals surface area contributed by atoms with Crippen molar-refractivity contribution in [2.45, 2.75) is 31.2 Å². The maximum atomic E-state index is 13.9. The van der Waals surface area contributed by atoms with Crippen LogP contribution in [0, 0.1) is 29.5 Å². The van der Waals surface area contributed by atoms with Crippen molar-refractivity contribution in [3.8, 4) is 0 Å². The van der Waals surface area contributed by atoms with Gasteiger partial charge < -0.3 is 4.57 Å². The van der Waals surface area contributed by atoms with Crippen LogP contribution in [0.2, 0.25) is 0 Å². The van der Waals surface area contributed by atoms with Crippen molar-refractivity contribution in [1.82, 2.24) is 9.55 Å². The molecule has 104 valence electrons. The average Bonchev–Trinajstić information content (AvgIpc) is 2.83. The number of para-hydroxylation sites is 1. The lowest BCUT2D eigenvalue weighted by atomic mass is 10.0. The molecule has 3 aliphatic carbocycles. The second-order valence-corrected chi connectivity index (χ2v) is 6.88. The maximum Gasteiger partial charge on any atom is 0.151 e. The molecule has 0 N–H and O–H groups in total. The number of benzene rings is 1. The highest BCUT2D eigenvalue weighted by atomic mass is 35.5. The van der Waals surface area contributed by atoms with Crippen LogP contribution in [-0.2, 0) is 5.88 Å².